The quantitative estimate of drug-likeness (QED) is 0.930. The van der Waals surface area contributed by atoms with Gasteiger partial charge in [-0.3, -0.25) is 4.79 Å². The molecule has 4 nitrogen and oxygen atoms in total. The molecule has 0 spiro atoms. The molecule has 0 radical (unpaired) electrons. The van der Waals surface area contributed by atoms with Gasteiger partial charge in [-0.2, -0.15) is 0 Å². The van der Waals surface area contributed by atoms with Crippen molar-refractivity contribution in [3.05, 3.63) is 54.5 Å². The van der Waals surface area contributed by atoms with E-state index in [0.717, 1.165) is 25.0 Å². The van der Waals surface area contributed by atoms with E-state index in [1.54, 1.807) is 12.1 Å². The van der Waals surface area contributed by atoms with Crippen molar-refractivity contribution >= 4 is 5.91 Å². The lowest BCUT2D eigenvalue weighted by molar-refractivity contribution is 0.0866. The van der Waals surface area contributed by atoms with Gasteiger partial charge in [-0.15, -0.1) is 0 Å². The molecule has 1 fully saturated rings. The molecule has 20 heavy (non-hydrogen) atoms. The van der Waals surface area contributed by atoms with Gasteiger partial charge in [0.2, 0.25) is 0 Å². The van der Waals surface area contributed by atoms with Crippen LogP contribution in [-0.4, -0.2) is 18.1 Å². The molecule has 1 aliphatic rings. The maximum Gasteiger partial charge on any atom is 0.287 e. The van der Waals surface area contributed by atoms with Gasteiger partial charge in [0.15, 0.2) is 5.76 Å². The number of amides is 1. The fourth-order valence-corrected chi connectivity index (χ4v) is 2.55. The summed E-state index contributed by atoms with van der Waals surface area (Å²) in [6.07, 6.45) is 4.47. The lowest BCUT2D eigenvalue weighted by Gasteiger charge is -2.22. The Balaban J connectivity index is 1.62. The van der Waals surface area contributed by atoms with Gasteiger partial charge in [0, 0.05) is 0 Å². The number of para-hydroxylation sites is 1. The Bertz CT molecular complexity index is 550. The molecule has 4 heteroatoms. The fraction of sp³-hybridized carbons (Fsp3) is 0.312. The first-order chi connectivity index (χ1) is 9.83. The first kappa shape index (κ1) is 12.8. The average molecular weight is 271 g/mol. The van der Waals surface area contributed by atoms with Crippen LogP contribution in [0.15, 0.2) is 53.1 Å². The van der Waals surface area contributed by atoms with Crippen molar-refractivity contribution in [3.8, 4) is 5.75 Å². The van der Waals surface area contributed by atoms with Crippen molar-refractivity contribution in [1.29, 1.82) is 0 Å². The lowest BCUT2D eigenvalue weighted by Crippen LogP contribution is -2.42. The molecule has 1 saturated carbocycles. The van der Waals surface area contributed by atoms with E-state index in [2.05, 4.69) is 5.32 Å². The van der Waals surface area contributed by atoms with E-state index in [1.807, 2.05) is 30.3 Å². The van der Waals surface area contributed by atoms with E-state index in [4.69, 9.17) is 9.15 Å². The van der Waals surface area contributed by atoms with Crippen molar-refractivity contribution in [2.75, 3.05) is 0 Å². The second kappa shape index (κ2) is 5.82. The minimum atomic E-state index is -0.177. The van der Waals surface area contributed by atoms with E-state index < -0.39 is 0 Å². The van der Waals surface area contributed by atoms with Gasteiger partial charge < -0.3 is 14.5 Å². The van der Waals surface area contributed by atoms with Gasteiger partial charge in [0.25, 0.3) is 5.91 Å². The molecular weight excluding hydrogens is 254 g/mol. The maximum atomic E-state index is 12.0. The van der Waals surface area contributed by atoms with Crippen LogP contribution < -0.4 is 10.1 Å². The highest BCUT2D eigenvalue weighted by molar-refractivity contribution is 5.91. The Morgan fingerprint density at radius 1 is 1.15 bits per heavy atom. The third-order valence-electron chi connectivity index (χ3n) is 3.54. The molecule has 0 aliphatic heterocycles. The summed E-state index contributed by atoms with van der Waals surface area (Å²) in [5.74, 6) is 1.01. The Kier molecular flexibility index (Phi) is 3.72. The summed E-state index contributed by atoms with van der Waals surface area (Å²) in [4.78, 5) is 12.0. The molecule has 0 bridgehead atoms. The summed E-state index contributed by atoms with van der Waals surface area (Å²) in [6, 6.07) is 13.1. The van der Waals surface area contributed by atoms with Gasteiger partial charge in [0.05, 0.1) is 12.3 Å². The maximum absolute atomic E-state index is 12.0. The smallest absolute Gasteiger partial charge is 0.287 e. The molecular formula is C16H17NO3. The molecule has 1 heterocycles. The first-order valence-electron chi connectivity index (χ1n) is 6.89. The van der Waals surface area contributed by atoms with E-state index in [1.165, 1.54) is 6.26 Å². The number of carbonyl (C=O) groups is 1. The number of hydrogen-bond donors (Lipinski definition) is 1. The molecule has 2 atom stereocenters. The van der Waals surface area contributed by atoms with Crippen LogP contribution in [0.2, 0.25) is 0 Å². The third-order valence-corrected chi connectivity index (χ3v) is 3.54. The van der Waals surface area contributed by atoms with Gasteiger partial charge in [-0.1, -0.05) is 18.2 Å². The minimum absolute atomic E-state index is 0.0244. The largest absolute Gasteiger partial charge is 0.488 e. The van der Waals surface area contributed by atoms with E-state index >= 15 is 0 Å². The normalized spacial score (nSPS) is 21.6. The molecule has 1 aromatic carbocycles. The molecule has 0 saturated heterocycles. The Morgan fingerprint density at radius 2 is 2.00 bits per heavy atom. The molecule has 1 aromatic heterocycles. The van der Waals surface area contributed by atoms with Crippen LogP contribution in [0.25, 0.3) is 0 Å². The zero-order valence-corrected chi connectivity index (χ0v) is 11.1. The topological polar surface area (TPSA) is 51.5 Å². The monoisotopic (exact) mass is 271 g/mol. The number of rotatable bonds is 4. The Hall–Kier alpha value is -2.23. The zero-order valence-electron chi connectivity index (χ0n) is 11.1. The number of hydrogen-bond acceptors (Lipinski definition) is 3. The zero-order chi connectivity index (χ0) is 13.8. The van der Waals surface area contributed by atoms with Crippen LogP contribution in [0.5, 0.6) is 5.75 Å². The van der Waals surface area contributed by atoms with Crippen molar-refractivity contribution in [1.82, 2.24) is 5.32 Å². The summed E-state index contributed by atoms with van der Waals surface area (Å²) in [6.45, 7) is 0. The second-order valence-corrected chi connectivity index (χ2v) is 4.96. The minimum Gasteiger partial charge on any atom is -0.488 e. The van der Waals surface area contributed by atoms with E-state index in [0.29, 0.717) is 5.76 Å². The van der Waals surface area contributed by atoms with Gasteiger partial charge in [-0.05, 0) is 43.5 Å². The number of nitrogens with one attached hydrogen (secondary N) is 1. The summed E-state index contributed by atoms with van der Waals surface area (Å²) >= 11 is 0. The average Bonchev–Trinajstić information content (AvgIpc) is 3.12. The highest BCUT2D eigenvalue weighted by Gasteiger charge is 2.31. The predicted molar refractivity (Wildman–Crippen MR) is 74.7 cm³/mol. The SMILES string of the molecule is O=C(NC1CCCC1Oc1ccccc1)c1ccco1. The van der Waals surface area contributed by atoms with Crippen LogP contribution in [0.3, 0.4) is 0 Å². The Morgan fingerprint density at radius 3 is 2.75 bits per heavy atom. The van der Waals surface area contributed by atoms with Crippen LogP contribution in [0.1, 0.15) is 29.8 Å². The van der Waals surface area contributed by atoms with Crippen LogP contribution in [0, 0.1) is 0 Å². The van der Waals surface area contributed by atoms with Crippen molar-refractivity contribution in [2.24, 2.45) is 0 Å². The summed E-state index contributed by atoms with van der Waals surface area (Å²) in [5.41, 5.74) is 0. The molecule has 2 aromatic rings. The number of benzene rings is 1. The van der Waals surface area contributed by atoms with Gasteiger partial charge in [0.1, 0.15) is 11.9 Å². The second-order valence-electron chi connectivity index (χ2n) is 4.96. The molecule has 3 rings (SSSR count). The van der Waals surface area contributed by atoms with Crippen LogP contribution >= 0.6 is 0 Å². The Labute approximate surface area is 117 Å². The molecule has 2 unspecified atom stereocenters. The highest BCUT2D eigenvalue weighted by atomic mass is 16.5. The van der Waals surface area contributed by atoms with Crippen LogP contribution in [-0.2, 0) is 0 Å². The van der Waals surface area contributed by atoms with Crippen molar-refractivity contribution in [2.45, 2.75) is 31.4 Å². The molecule has 1 amide bonds. The van der Waals surface area contributed by atoms with Crippen molar-refractivity contribution < 1.29 is 13.9 Å². The summed E-state index contributed by atoms with van der Waals surface area (Å²) in [7, 11) is 0. The third kappa shape index (κ3) is 2.85. The van der Waals surface area contributed by atoms with Gasteiger partial charge >= 0.3 is 0 Å². The molecule has 1 aliphatic carbocycles. The van der Waals surface area contributed by atoms with Crippen molar-refractivity contribution in [3.63, 3.8) is 0 Å². The fourth-order valence-electron chi connectivity index (χ4n) is 2.55. The first-order valence-corrected chi connectivity index (χ1v) is 6.89. The highest BCUT2D eigenvalue weighted by Crippen LogP contribution is 2.25. The predicted octanol–water partition coefficient (Wildman–Crippen LogP) is 3.01. The standard InChI is InChI=1S/C16H17NO3/c18-16(15-10-5-11-19-15)17-13-8-4-9-14(13)20-12-6-2-1-3-7-12/h1-3,5-7,10-11,13-14H,4,8-9H2,(H,17,18). The molecule has 1 N–H and O–H groups in total. The van der Waals surface area contributed by atoms with E-state index in [9.17, 15) is 4.79 Å². The number of ether oxygens (including phenoxy) is 1. The molecule has 104 valence electrons. The van der Waals surface area contributed by atoms with Crippen LogP contribution in [0.4, 0.5) is 0 Å². The van der Waals surface area contributed by atoms with Gasteiger partial charge in [-0.25, -0.2) is 0 Å². The number of carbonyl (C=O) groups excluding carboxylic acids is 1. The summed E-state index contributed by atoms with van der Waals surface area (Å²) in [5, 5.41) is 2.99. The summed E-state index contributed by atoms with van der Waals surface area (Å²) < 4.78 is 11.1. The number of furan rings is 1. The van der Waals surface area contributed by atoms with E-state index in [-0.39, 0.29) is 18.1 Å². The lowest BCUT2D eigenvalue weighted by atomic mass is 10.2.